The van der Waals surface area contributed by atoms with Crippen molar-refractivity contribution in [3.05, 3.63) is 22.7 Å². The van der Waals surface area contributed by atoms with E-state index < -0.39 is 5.41 Å². The molecular formula is C14H17BrN2O2. The van der Waals surface area contributed by atoms with Gasteiger partial charge in [-0.2, -0.15) is 5.26 Å². The SMILES string of the molecule is CCC(C#N)(CC)C(=O)Nc1cc(Br)ccc1OC. The van der Waals surface area contributed by atoms with Crippen LogP contribution in [0.15, 0.2) is 22.7 Å². The van der Waals surface area contributed by atoms with Gasteiger partial charge in [-0.15, -0.1) is 0 Å². The molecule has 0 fully saturated rings. The van der Waals surface area contributed by atoms with Crippen LogP contribution >= 0.6 is 15.9 Å². The number of benzene rings is 1. The zero-order valence-electron chi connectivity index (χ0n) is 11.3. The summed E-state index contributed by atoms with van der Waals surface area (Å²) in [6.45, 7) is 3.68. The maximum absolute atomic E-state index is 12.3. The molecule has 4 nitrogen and oxygen atoms in total. The Hall–Kier alpha value is -1.54. The van der Waals surface area contributed by atoms with Gasteiger partial charge in [0.15, 0.2) is 0 Å². The molecule has 0 aliphatic heterocycles. The van der Waals surface area contributed by atoms with Crippen LogP contribution in [0.5, 0.6) is 5.75 Å². The quantitative estimate of drug-likeness (QED) is 0.897. The van der Waals surface area contributed by atoms with E-state index in [2.05, 4.69) is 27.3 Å². The van der Waals surface area contributed by atoms with Gasteiger partial charge in [0.1, 0.15) is 11.2 Å². The van der Waals surface area contributed by atoms with Gasteiger partial charge in [-0.05, 0) is 31.0 Å². The summed E-state index contributed by atoms with van der Waals surface area (Å²) in [7, 11) is 1.54. The summed E-state index contributed by atoms with van der Waals surface area (Å²) < 4.78 is 6.03. The van der Waals surface area contributed by atoms with Gasteiger partial charge in [-0.3, -0.25) is 4.79 Å². The molecular weight excluding hydrogens is 308 g/mol. The van der Waals surface area contributed by atoms with Crippen LogP contribution in [0.4, 0.5) is 5.69 Å². The molecule has 1 amide bonds. The molecule has 0 bridgehead atoms. The van der Waals surface area contributed by atoms with Crippen LogP contribution in [-0.2, 0) is 4.79 Å². The van der Waals surface area contributed by atoms with Crippen LogP contribution in [0.1, 0.15) is 26.7 Å². The number of nitrogens with one attached hydrogen (secondary N) is 1. The third-order valence-corrected chi connectivity index (χ3v) is 3.76. The Morgan fingerprint density at radius 2 is 2.11 bits per heavy atom. The molecule has 0 saturated carbocycles. The number of carbonyl (C=O) groups is 1. The second-order valence-electron chi connectivity index (χ2n) is 4.20. The maximum Gasteiger partial charge on any atom is 0.244 e. The van der Waals surface area contributed by atoms with Gasteiger partial charge in [-0.1, -0.05) is 29.8 Å². The van der Waals surface area contributed by atoms with Crippen LogP contribution in [0.25, 0.3) is 0 Å². The summed E-state index contributed by atoms with van der Waals surface area (Å²) in [5.74, 6) is 0.270. The van der Waals surface area contributed by atoms with Crippen molar-refractivity contribution in [1.29, 1.82) is 5.26 Å². The summed E-state index contributed by atoms with van der Waals surface area (Å²) in [6.07, 6.45) is 0.949. The molecule has 0 aliphatic carbocycles. The smallest absolute Gasteiger partial charge is 0.244 e. The molecule has 0 aliphatic rings. The standard InChI is InChI=1S/C14H17BrN2O2/c1-4-14(5-2,9-16)13(18)17-11-8-10(15)6-7-12(11)19-3/h6-8H,4-5H2,1-3H3,(H,17,18). The van der Waals surface area contributed by atoms with Crippen LogP contribution in [0.3, 0.4) is 0 Å². The topological polar surface area (TPSA) is 62.1 Å². The van der Waals surface area contributed by atoms with E-state index in [0.29, 0.717) is 24.3 Å². The number of carbonyl (C=O) groups excluding carboxylic acids is 1. The average molecular weight is 325 g/mol. The third-order valence-electron chi connectivity index (χ3n) is 3.27. The zero-order chi connectivity index (χ0) is 14.5. The minimum Gasteiger partial charge on any atom is -0.495 e. The normalized spacial score (nSPS) is 10.7. The lowest BCUT2D eigenvalue weighted by Gasteiger charge is -2.22. The number of hydrogen-bond donors (Lipinski definition) is 1. The second kappa shape index (κ2) is 6.58. The first-order valence-corrected chi connectivity index (χ1v) is 6.88. The Labute approximate surface area is 121 Å². The van der Waals surface area contributed by atoms with Crippen LogP contribution in [0.2, 0.25) is 0 Å². The van der Waals surface area contributed by atoms with Crippen molar-refractivity contribution in [2.75, 3.05) is 12.4 Å². The number of methoxy groups -OCH3 is 1. The second-order valence-corrected chi connectivity index (χ2v) is 5.12. The summed E-state index contributed by atoms with van der Waals surface area (Å²) in [6, 6.07) is 7.46. The van der Waals surface area contributed by atoms with Crippen molar-refractivity contribution in [1.82, 2.24) is 0 Å². The zero-order valence-corrected chi connectivity index (χ0v) is 12.9. The Balaban J connectivity index is 3.06. The molecule has 0 radical (unpaired) electrons. The molecule has 1 N–H and O–H groups in total. The van der Waals surface area contributed by atoms with E-state index in [4.69, 9.17) is 4.74 Å². The maximum atomic E-state index is 12.3. The van der Waals surface area contributed by atoms with Crippen molar-refractivity contribution < 1.29 is 9.53 Å². The number of ether oxygens (including phenoxy) is 1. The molecule has 0 aromatic heterocycles. The molecule has 102 valence electrons. The highest BCUT2D eigenvalue weighted by Gasteiger charge is 2.35. The Bertz CT molecular complexity index is 505. The average Bonchev–Trinajstić information content (AvgIpc) is 2.41. The summed E-state index contributed by atoms with van der Waals surface area (Å²) >= 11 is 3.35. The number of amides is 1. The van der Waals surface area contributed by atoms with E-state index >= 15 is 0 Å². The third kappa shape index (κ3) is 3.27. The lowest BCUT2D eigenvalue weighted by atomic mass is 9.83. The molecule has 1 aromatic carbocycles. The van der Waals surface area contributed by atoms with E-state index in [9.17, 15) is 10.1 Å². The number of rotatable bonds is 5. The highest BCUT2D eigenvalue weighted by molar-refractivity contribution is 9.10. The number of halogens is 1. The Morgan fingerprint density at radius 1 is 1.47 bits per heavy atom. The monoisotopic (exact) mass is 324 g/mol. The largest absolute Gasteiger partial charge is 0.495 e. The molecule has 5 heteroatoms. The van der Waals surface area contributed by atoms with Crippen LogP contribution < -0.4 is 10.1 Å². The summed E-state index contributed by atoms with van der Waals surface area (Å²) in [4.78, 5) is 12.3. The first kappa shape index (κ1) is 15.5. The van der Waals surface area contributed by atoms with Gasteiger partial charge < -0.3 is 10.1 Å². The van der Waals surface area contributed by atoms with E-state index in [0.717, 1.165) is 4.47 Å². The highest BCUT2D eigenvalue weighted by Crippen LogP contribution is 2.32. The van der Waals surface area contributed by atoms with Crippen LogP contribution in [0, 0.1) is 16.7 Å². The van der Waals surface area contributed by atoms with E-state index in [1.54, 1.807) is 12.1 Å². The molecule has 0 spiro atoms. The predicted octanol–water partition coefficient (Wildman–Crippen LogP) is 3.73. The summed E-state index contributed by atoms with van der Waals surface area (Å²) in [5, 5.41) is 12.0. The van der Waals surface area contributed by atoms with Gasteiger partial charge in [0, 0.05) is 4.47 Å². The number of nitriles is 1. The van der Waals surface area contributed by atoms with Crippen molar-refractivity contribution in [3.63, 3.8) is 0 Å². The van der Waals surface area contributed by atoms with Gasteiger partial charge in [-0.25, -0.2) is 0 Å². The van der Waals surface area contributed by atoms with E-state index in [-0.39, 0.29) is 5.91 Å². The van der Waals surface area contributed by atoms with Crippen molar-refractivity contribution in [2.24, 2.45) is 5.41 Å². The van der Waals surface area contributed by atoms with Crippen molar-refractivity contribution in [3.8, 4) is 11.8 Å². The number of nitrogens with zero attached hydrogens (tertiary/aromatic N) is 1. The first-order valence-electron chi connectivity index (χ1n) is 6.09. The van der Waals surface area contributed by atoms with Gasteiger partial charge >= 0.3 is 0 Å². The lowest BCUT2D eigenvalue weighted by molar-refractivity contribution is -0.123. The van der Waals surface area contributed by atoms with Gasteiger partial charge in [0.2, 0.25) is 5.91 Å². The highest BCUT2D eigenvalue weighted by atomic mass is 79.9. The lowest BCUT2D eigenvalue weighted by Crippen LogP contribution is -2.34. The predicted molar refractivity (Wildman–Crippen MR) is 78.0 cm³/mol. The fourth-order valence-corrected chi connectivity index (χ4v) is 2.16. The van der Waals surface area contributed by atoms with Crippen molar-refractivity contribution in [2.45, 2.75) is 26.7 Å². The molecule has 19 heavy (non-hydrogen) atoms. The van der Waals surface area contributed by atoms with Gasteiger partial charge in [0.05, 0.1) is 18.9 Å². The fourth-order valence-electron chi connectivity index (χ4n) is 1.80. The van der Waals surface area contributed by atoms with Crippen LogP contribution in [-0.4, -0.2) is 13.0 Å². The summed E-state index contributed by atoms with van der Waals surface area (Å²) in [5.41, 5.74) is -0.434. The minimum absolute atomic E-state index is 0.295. The van der Waals surface area contributed by atoms with E-state index in [1.165, 1.54) is 7.11 Å². The molecule has 0 heterocycles. The Kier molecular flexibility index (Phi) is 5.37. The Morgan fingerprint density at radius 3 is 2.58 bits per heavy atom. The number of hydrogen-bond acceptors (Lipinski definition) is 3. The fraction of sp³-hybridized carbons (Fsp3) is 0.429. The molecule has 0 unspecified atom stereocenters. The molecule has 0 atom stereocenters. The van der Waals surface area contributed by atoms with Crippen molar-refractivity contribution >= 4 is 27.5 Å². The molecule has 1 rings (SSSR count). The molecule has 1 aromatic rings. The van der Waals surface area contributed by atoms with Gasteiger partial charge in [0.25, 0.3) is 0 Å². The molecule has 0 saturated heterocycles. The minimum atomic E-state index is -0.993. The number of anilines is 1. The first-order chi connectivity index (χ1) is 9.02. The van der Waals surface area contributed by atoms with E-state index in [1.807, 2.05) is 19.9 Å².